The first-order valence-corrected chi connectivity index (χ1v) is 15.6. The Bertz CT molecular complexity index is 1670. The lowest BCUT2D eigenvalue weighted by Crippen LogP contribution is -2.68. The van der Waals surface area contributed by atoms with Crippen molar-refractivity contribution in [3.8, 4) is 11.5 Å². The lowest BCUT2D eigenvalue weighted by atomic mass is 9.39. The maximum absolute atomic E-state index is 15.4. The first kappa shape index (κ1) is 33.2. The largest absolute Gasteiger partial charge is 0.504 e. The highest BCUT2D eigenvalue weighted by Crippen LogP contribution is 2.66. The van der Waals surface area contributed by atoms with Crippen molar-refractivity contribution in [2.45, 2.75) is 99.3 Å². The van der Waals surface area contributed by atoms with Crippen molar-refractivity contribution in [1.29, 1.82) is 0 Å². The topological polar surface area (TPSA) is 105 Å². The Balaban J connectivity index is 2.16. The molecule has 0 unspecified atom stereocenters. The number of rotatable bonds is 10. The summed E-state index contributed by atoms with van der Waals surface area (Å²) in [6.07, 6.45) is 7.09. The van der Waals surface area contributed by atoms with Crippen molar-refractivity contribution in [1.82, 2.24) is 0 Å². The van der Waals surface area contributed by atoms with Crippen LogP contribution < -0.4 is 5.43 Å². The number of phenols is 2. The number of ketones is 2. The van der Waals surface area contributed by atoms with Crippen LogP contribution in [0.4, 0.5) is 0 Å². The Labute approximate surface area is 261 Å². The third-order valence-electron chi connectivity index (χ3n) is 10.4. The van der Waals surface area contributed by atoms with Crippen LogP contribution in [0.3, 0.4) is 0 Å². The predicted octanol–water partition coefficient (Wildman–Crippen LogP) is 8.89. The normalized spacial score (nSPS) is 24.4. The molecule has 4 rings (SSSR count). The zero-order valence-corrected chi connectivity index (χ0v) is 27.6. The van der Waals surface area contributed by atoms with Crippen LogP contribution in [0.25, 0.3) is 11.0 Å². The van der Waals surface area contributed by atoms with E-state index in [0.717, 1.165) is 34.8 Å². The van der Waals surface area contributed by atoms with Gasteiger partial charge in [0.2, 0.25) is 5.43 Å². The van der Waals surface area contributed by atoms with Crippen molar-refractivity contribution >= 4 is 22.5 Å². The molecular weight excluding hydrogens is 552 g/mol. The van der Waals surface area contributed by atoms with E-state index in [-0.39, 0.29) is 52.8 Å². The Morgan fingerprint density at radius 2 is 1.61 bits per heavy atom. The van der Waals surface area contributed by atoms with Crippen LogP contribution in [-0.2, 0) is 10.2 Å². The molecule has 2 aromatic rings. The molecule has 4 atom stereocenters. The molecule has 1 heterocycles. The third-order valence-corrected chi connectivity index (χ3v) is 10.4. The first-order valence-electron chi connectivity index (χ1n) is 15.6. The van der Waals surface area contributed by atoms with Crippen LogP contribution in [0.5, 0.6) is 11.5 Å². The first-order chi connectivity index (χ1) is 20.4. The number of carbonyl (C=O) groups excluding carboxylic acids is 2. The fraction of sp³-hybridized carbons (Fsp3) is 0.500. The van der Waals surface area contributed by atoms with Gasteiger partial charge >= 0.3 is 0 Å². The molecule has 236 valence electrons. The number of hydrogen-bond donors (Lipinski definition) is 2. The van der Waals surface area contributed by atoms with Crippen LogP contribution >= 0.6 is 0 Å². The lowest BCUT2D eigenvalue weighted by Gasteiger charge is -2.60. The van der Waals surface area contributed by atoms with Gasteiger partial charge in [-0.2, -0.15) is 0 Å². The molecule has 0 aliphatic heterocycles. The minimum absolute atomic E-state index is 0.00929. The molecule has 6 heteroatoms. The summed E-state index contributed by atoms with van der Waals surface area (Å²) < 4.78 is 6.46. The van der Waals surface area contributed by atoms with Gasteiger partial charge in [-0.1, -0.05) is 54.9 Å². The molecule has 0 saturated heterocycles. The SMILES string of the molecule is C=C(C)CC[C@H](C[C@@]12C[C@H](CC=C(C)C)C(C)(C)[C@@](CC=C(C)C)(C1=O)c1oc3cc(O)c(O)cc3c(=O)c1C2=O)C(=C)C. The minimum Gasteiger partial charge on any atom is -0.504 e. The van der Waals surface area contributed by atoms with Gasteiger partial charge in [-0.25, -0.2) is 0 Å². The standard InChI is InChI=1S/C38H48O6/c1-21(2)11-13-25(24(7)8)19-37-20-26(14-12-22(3)4)36(9,10)38(35(37)43,16-15-23(5)6)34-31(33(37)42)32(41)27-17-28(39)29(40)18-30(27)44-34/h12,15,17-18,25-26,39-40H,1,7,11,13-14,16,19-20H2,2-6,8-10H3/t25-,26+,37+,38-/m1/s1. The number of Topliss-reactive ketones (excluding diaryl/α,β-unsaturated/α-hetero) is 2. The van der Waals surface area contributed by atoms with E-state index in [1.165, 1.54) is 6.07 Å². The smallest absolute Gasteiger partial charge is 0.204 e. The van der Waals surface area contributed by atoms with Gasteiger partial charge in [-0.3, -0.25) is 14.4 Å². The average Bonchev–Trinajstić information content (AvgIpc) is 2.91. The van der Waals surface area contributed by atoms with Gasteiger partial charge in [0, 0.05) is 6.07 Å². The highest BCUT2D eigenvalue weighted by Gasteiger charge is 2.72. The van der Waals surface area contributed by atoms with Crippen molar-refractivity contribution in [3.63, 3.8) is 0 Å². The van der Waals surface area contributed by atoms with Crippen molar-refractivity contribution in [3.05, 3.63) is 81.3 Å². The van der Waals surface area contributed by atoms with Gasteiger partial charge in [0.15, 0.2) is 23.1 Å². The van der Waals surface area contributed by atoms with E-state index < -0.39 is 39.0 Å². The summed E-state index contributed by atoms with van der Waals surface area (Å²) in [4.78, 5) is 44.7. The molecule has 44 heavy (non-hydrogen) atoms. The molecule has 0 amide bonds. The summed E-state index contributed by atoms with van der Waals surface area (Å²) in [6, 6.07) is 2.32. The summed E-state index contributed by atoms with van der Waals surface area (Å²) >= 11 is 0. The van der Waals surface area contributed by atoms with Gasteiger partial charge in [-0.15, -0.1) is 6.58 Å². The van der Waals surface area contributed by atoms with Crippen molar-refractivity contribution in [2.75, 3.05) is 0 Å². The Kier molecular flexibility index (Phi) is 8.82. The number of allylic oxidation sites excluding steroid dienone is 6. The van der Waals surface area contributed by atoms with Gasteiger partial charge < -0.3 is 14.6 Å². The van der Waals surface area contributed by atoms with E-state index in [2.05, 4.69) is 33.1 Å². The molecule has 2 N–H and O–H groups in total. The number of aromatic hydroxyl groups is 2. The van der Waals surface area contributed by atoms with E-state index in [0.29, 0.717) is 19.3 Å². The van der Waals surface area contributed by atoms with Gasteiger partial charge in [0.1, 0.15) is 16.9 Å². The number of carbonyl (C=O) groups is 2. The second kappa shape index (κ2) is 11.7. The molecule has 2 bridgehead atoms. The van der Waals surface area contributed by atoms with E-state index >= 15 is 4.79 Å². The Morgan fingerprint density at radius 1 is 1.00 bits per heavy atom. The zero-order valence-electron chi connectivity index (χ0n) is 27.6. The molecule has 1 saturated carbocycles. The second-order valence-corrected chi connectivity index (χ2v) is 14.5. The van der Waals surface area contributed by atoms with E-state index in [9.17, 15) is 19.8 Å². The molecule has 1 aromatic carbocycles. The van der Waals surface area contributed by atoms with Crippen LogP contribution in [0.15, 0.2) is 68.9 Å². The van der Waals surface area contributed by atoms with Gasteiger partial charge in [-0.05, 0) is 103 Å². The number of fused-ring (bicyclic) bond motifs is 5. The summed E-state index contributed by atoms with van der Waals surface area (Å²) in [5.74, 6) is -1.79. The van der Waals surface area contributed by atoms with Gasteiger partial charge in [0.05, 0.1) is 16.2 Å². The summed E-state index contributed by atoms with van der Waals surface area (Å²) in [6.45, 7) is 24.4. The van der Waals surface area contributed by atoms with Crippen LogP contribution in [-0.4, -0.2) is 21.8 Å². The molecule has 2 aliphatic rings. The molecule has 0 radical (unpaired) electrons. The fourth-order valence-corrected chi connectivity index (χ4v) is 7.57. The molecular formula is C38H48O6. The van der Waals surface area contributed by atoms with E-state index in [1.54, 1.807) is 0 Å². The molecule has 1 aromatic heterocycles. The minimum atomic E-state index is -1.46. The highest BCUT2D eigenvalue weighted by molar-refractivity contribution is 6.23. The Morgan fingerprint density at radius 3 is 2.18 bits per heavy atom. The summed E-state index contributed by atoms with van der Waals surface area (Å²) in [5.41, 5.74) is -0.137. The Hall–Kier alpha value is -3.67. The van der Waals surface area contributed by atoms with Crippen molar-refractivity contribution in [2.24, 2.45) is 22.7 Å². The van der Waals surface area contributed by atoms with Crippen LogP contribution in [0.2, 0.25) is 0 Å². The lowest BCUT2D eigenvalue weighted by molar-refractivity contribution is -0.152. The number of phenolic OH excluding ortho intramolecular Hbond substituents is 2. The number of benzene rings is 1. The molecule has 6 nitrogen and oxygen atoms in total. The maximum Gasteiger partial charge on any atom is 0.204 e. The zero-order chi connectivity index (χ0) is 32.9. The summed E-state index contributed by atoms with van der Waals surface area (Å²) in [5, 5.41) is 20.6. The van der Waals surface area contributed by atoms with Crippen LogP contribution in [0, 0.1) is 22.7 Å². The third kappa shape index (κ3) is 5.20. The van der Waals surface area contributed by atoms with Gasteiger partial charge in [0.25, 0.3) is 0 Å². The average molecular weight is 601 g/mol. The second-order valence-electron chi connectivity index (χ2n) is 14.5. The van der Waals surface area contributed by atoms with E-state index in [4.69, 9.17) is 4.42 Å². The highest BCUT2D eigenvalue weighted by atomic mass is 16.3. The van der Waals surface area contributed by atoms with Crippen LogP contribution in [0.1, 0.15) is 110 Å². The molecule has 0 spiro atoms. The quantitative estimate of drug-likeness (QED) is 0.160. The monoisotopic (exact) mass is 600 g/mol. The molecule has 2 aliphatic carbocycles. The predicted molar refractivity (Wildman–Crippen MR) is 176 cm³/mol. The summed E-state index contributed by atoms with van der Waals surface area (Å²) in [7, 11) is 0. The van der Waals surface area contributed by atoms with E-state index in [1.807, 2.05) is 47.6 Å². The number of hydrogen-bond acceptors (Lipinski definition) is 6. The molecule has 1 fully saturated rings. The maximum atomic E-state index is 15.4. The fourth-order valence-electron chi connectivity index (χ4n) is 7.57. The van der Waals surface area contributed by atoms with Crippen molar-refractivity contribution < 1.29 is 24.2 Å².